The van der Waals surface area contributed by atoms with Crippen LogP contribution in [-0.2, 0) is 0 Å². The van der Waals surface area contributed by atoms with Crippen LogP contribution in [0.3, 0.4) is 0 Å². The van der Waals surface area contributed by atoms with E-state index in [4.69, 9.17) is 9.15 Å². The fraction of sp³-hybridized carbons (Fsp3) is 0. The highest BCUT2D eigenvalue weighted by Gasteiger charge is 2.26. The van der Waals surface area contributed by atoms with Crippen molar-refractivity contribution >= 4 is 28.0 Å². The molecule has 1 aliphatic rings. The molecule has 6 rings (SSSR count). The first-order chi connectivity index (χ1) is 15.3. The maximum atomic E-state index is 12.6. The van der Waals surface area contributed by atoms with Gasteiger partial charge in [-0.25, -0.2) is 0 Å². The predicted molar refractivity (Wildman–Crippen MR) is 123 cm³/mol. The number of para-hydroxylation sites is 4. The molecule has 1 aromatic heterocycles. The van der Waals surface area contributed by atoms with Crippen molar-refractivity contribution < 1.29 is 9.15 Å². The van der Waals surface area contributed by atoms with E-state index < -0.39 is 0 Å². The highest BCUT2D eigenvalue weighted by molar-refractivity contribution is 5.87. The number of nitrogens with zero attached hydrogens (tertiary/aromatic N) is 1. The average Bonchev–Trinajstić information content (AvgIpc) is 2.82. The molecule has 4 aromatic carbocycles. The molecule has 1 aliphatic heterocycles. The molecule has 0 aliphatic carbocycles. The number of rotatable bonds is 2. The Balaban J connectivity index is 1.52. The molecule has 4 nitrogen and oxygen atoms in total. The van der Waals surface area contributed by atoms with E-state index in [-0.39, 0.29) is 5.43 Å². The van der Waals surface area contributed by atoms with E-state index in [0.717, 1.165) is 28.4 Å². The largest absolute Gasteiger partial charge is 0.456 e. The zero-order valence-electron chi connectivity index (χ0n) is 16.5. The Morgan fingerprint density at radius 2 is 1.39 bits per heavy atom. The van der Waals surface area contributed by atoms with Gasteiger partial charge >= 0.3 is 0 Å². The van der Waals surface area contributed by atoms with E-state index in [1.54, 1.807) is 6.07 Å². The molecule has 0 saturated heterocycles. The second-order valence-corrected chi connectivity index (χ2v) is 7.39. The molecule has 0 spiro atoms. The van der Waals surface area contributed by atoms with Crippen molar-refractivity contribution in [2.75, 3.05) is 4.90 Å². The summed E-state index contributed by atoms with van der Waals surface area (Å²) in [7, 11) is 0. The lowest BCUT2D eigenvalue weighted by Gasteiger charge is -2.33. The van der Waals surface area contributed by atoms with Crippen LogP contribution in [0.15, 0.2) is 112 Å². The van der Waals surface area contributed by atoms with Gasteiger partial charge in [-0.3, -0.25) is 4.79 Å². The SMILES string of the molecule is O=c1cc(-c2ccc3c(c2)Oc2ccccc2N3c2ccccc2)oc2ccccc12. The summed E-state index contributed by atoms with van der Waals surface area (Å²) in [4.78, 5) is 14.7. The quantitative estimate of drug-likeness (QED) is 0.311. The van der Waals surface area contributed by atoms with E-state index in [1.165, 1.54) is 6.07 Å². The predicted octanol–water partition coefficient (Wildman–Crippen LogP) is 7.04. The van der Waals surface area contributed by atoms with Crippen molar-refractivity contribution in [1.82, 2.24) is 0 Å². The van der Waals surface area contributed by atoms with Gasteiger partial charge in [0.2, 0.25) is 0 Å². The van der Waals surface area contributed by atoms with E-state index in [9.17, 15) is 4.79 Å². The summed E-state index contributed by atoms with van der Waals surface area (Å²) in [6, 6.07) is 32.8. The minimum atomic E-state index is -0.0632. The third kappa shape index (κ3) is 2.89. The fourth-order valence-corrected chi connectivity index (χ4v) is 4.01. The second-order valence-electron chi connectivity index (χ2n) is 7.39. The van der Waals surface area contributed by atoms with Gasteiger partial charge in [0.25, 0.3) is 0 Å². The standard InChI is InChI=1S/C27H17NO3/c29-23-17-26(30-24-12-6-4-10-20(23)24)18-14-15-22-27(16-18)31-25-13-7-5-11-21(25)28(22)19-8-2-1-3-9-19/h1-17H. The summed E-state index contributed by atoms with van der Waals surface area (Å²) in [5.41, 5.74) is 4.24. The van der Waals surface area contributed by atoms with Gasteiger partial charge in [-0.05, 0) is 54.6 Å². The Bertz CT molecular complexity index is 1490. The van der Waals surface area contributed by atoms with E-state index in [2.05, 4.69) is 17.0 Å². The van der Waals surface area contributed by atoms with Crippen LogP contribution in [0, 0.1) is 0 Å². The van der Waals surface area contributed by atoms with E-state index in [1.807, 2.05) is 78.9 Å². The molecule has 0 saturated carbocycles. The number of hydrogen-bond acceptors (Lipinski definition) is 4. The molecule has 4 heteroatoms. The normalized spacial score (nSPS) is 12.2. The summed E-state index contributed by atoms with van der Waals surface area (Å²) in [6.07, 6.45) is 0. The van der Waals surface area contributed by atoms with Crippen molar-refractivity contribution in [3.63, 3.8) is 0 Å². The molecular formula is C27H17NO3. The van der Waals surface area contributed by atoms with Gasteiger partial charge in [0.1, 0.15) is 11.3 Å². The molecule has 0 bridgehead atoms. The van der Waals surface area contributed by atoms with Crippen molar-refractivity contribution in [2.45, 2.75) is 0 Å². The first kappa shape index (κ1) is 17.5. The van der Waals surface area contributed by atoms with Crippen LogP contribution in [-0.4, -0.2) is 0 Å². The smallest absolute Gasteiger partial charge is 0.193 e. The molecule has 31 heavy (non-hydrogen) atoms. The monoisotopic (exact) mass is 403 g/mol. The van der Waals surface area contributed by atoms with E-state index >= 15 is 0 Å². The first-order valence-electron chi connectivity index (χ1n) is 10.1. The van der Waals surface area contributed by atoms with Crippen molar-refractivity contribution in [3.8, 4) is 22.8 Å². The Hall–Kier alpha value is -4.31. The van der Waals surface area contributed by atoms with Gasteiger partial charge in [0.05, 0.1) is 16.8 Å². The molecule has 0 N–H and O–H groups in total. The van der Waals surface area contributed by atoms with Crippen molar-refractivity contribution in [2.24, 2.45) is 0 Å². The maximum absolute atomic E-state index is 12.6. The Morgan fingerprint density at radius 3 is 2.29 bits per heavy atom. The lowest BCUT2D eigenvalue weighted by atomic mass is 10.1. The highest BCUT2D eigenvalue weighted by Crippen LogP contribution is 2.51. The molecule has 0 amide bonds. The summed E-state index contributed by atoms with van der Waals surface area (Å²) in [5.74, 6) is 1.99. The summed E-state index contributed by atoms with van der Waals surface area (Å²) in [5, 5.41) is 0.574. The molecule has 5 aromatic rings. The van der Waals surface area contributed by atoms with Crippen LogP contribution in [0.25, 0.3) is 22.3 Å². The summed E-state index contributed by atoms with van der Waals surface area (Å²) in [6.45, 7) is 0. The van der Waals surface area contributed by atoms with Crippen molar-refractivity contribution in [3.05, 3.63) is 113 Å². The topological polar surface area (TPSA) is 42.7 Å². The van der Waals surface area contributed by atoms with Crippen LogP contribution >= 0.6 is 0 Å². The molecule has 0 atom stereocenters. The summed E-state index contributed by atoms with van der Waals surface area (Å²) >= 11 is 0. The highest BCUT2D eigenvalue weighted by atomic mass is 16.5. The molecule has 0 unspecified atom stereocenters. The molecule has 2 heterocycles. The van der Waals surface area contributed by atoms with Gasteiger partial charge in [-0.2, -0.15) is 0 Å². The van der Waals surface area contributed by atoms with Crippen LogP contribution in [0.1, 0.15) is 0 Å². The number of hydrogen-bond donors (Lipinski definition) is 0. The maximum Gasteiger partial charge on any atom is 0.193 e. The number of anilines is 3. The van der Waals surface area contributed by atoms with Crippen LogP contribution in [0.2, 0.25) is 0 Å². The lowest BCUT2D eigenvalue weighted by molar-refractivity contribution is 0.477. The Kier molecular flexibility index (Phi) is 3.90. The number of fused-ring (bicyclic) bond motifs is 3. The molecule has 0 radical (unpaired) electrons. The van der Waals surface area contributed by atoms with Crippen LogP contribution in [0.5, 0.6) is 11.5 Å². The second kappa shape index (κ2) is 6.89. The van der Waals surface area contributed by atoms with Crippen LogP contribution in [0.4, 0.5) is 17.1 Å². The average molecular weight is 403 g/mol. The van der Waals surface area contributed by atoms with Crippen LogP contribution < -0.4 is 15.1 Å². The van der Waals surface area contributed by atoms with Gasteiger partial charge in [0, 0.05) is 17.3 Å². The third-order valence-electron chi connectivity index (χ3n) is 5.46. The minimum absolute atomic E-state index is 0.0632. The molecular weight excluding hydrogens is 386 g/mol. The van der Waals surface area contributed by atoms with Gasteiger partial charge < -0.3 is 14.1 Å². The molecule has 0 fully saturated rings. The third-order valence-corrected chi connectivity index (χ3v) is 5.46. The number of benzene rings is 4. The van der Waals surface area contributed by atoms with Gasteiger partial charge in [-0.1, -0.05) is 42.5 Å². The van der Waals surface area contributed by atoms with Crippen molar-refractivity contribution in [1.29, 1.82) is 0 Å². The fourth-order valence-electron chi connectivity index (χ4n) is 4.01. The van der Waals surface area contributed by atoms with E-state index in [0.29, 0.717) is 22.5 Å². The van der Waals surface area contributed by atoms with Gasteiger partial charge in [0.15, 0.2) is 16.9 Å². The van der Waals surface area contributed by atoms with Gasteiger partial charge in [-0.15, -0.1) is 0 Å². The molecule has 148 valence electrons. The zero-order chi connectivity index (χ0) is 20.8. The zero-order valence-corrected chi connectivity index (χ0v) is 16.5. The first-order valence-corrected chi connectivity index (χ1v) is 10.1. The number of ether oxygens (including phenoxy) is 1. The lowest BCUT2D eigenvalue weighted by Crippen LogP contribution is -2.15. The Labute approximate surface area is 178 Å². The summed E-state index contributed by atoms with van der Waals surface area (Å²) < 4.78 is 12.3. The Morgan fingerprint density at radius 1 is 0.645 bits per heavy atom. The minimum Gasteiger partial charge on any atom is -0.456 e.